The van der Waals surface area contributed by atoms with Crippen molar-refractivity contribution >= 4 is 17.5 Å². The molecule has 0 spiro atoms. The Labute approximate surface area is 112 Å². The van der Waals surface area contributed by atoms with Crippen molar-refractivity contribution in [1.29, 1.82) is 0 Å². The highest BCUT2D eigenvalue weighted by molar-refractivity contribution is 6.30. The van der Waals surface area contributed by atoms with Crippen molar-refractivity contribution in [2.75, 3.05) is 20.1 Å². The van der Waals surface area contributed by atoms with Gasteiger partial charge in [-0.05, 0) is 24.7 Å². The molecule has 2 unspecified atom stereocenters. The summed E-state index contributed by atoms with van der Waals surface area (Å²) in [5.41, 5.74) is 0.737. The van der Waals surface area contributed by atoms with Gasteiger partial charge in [0.25, 0.3) is 0 Å². The van der Waals surface area contributed by atoms with E-state index >= 15 is 0 Å². The second-order valence-electron chi connectivity index (χ2n) is 4.27. The van der Waals surface area contributed by atoms with Crippen molar-refractivity contribution < 1.29 is 9.90 Å². The summed E-state index contributed by atoms with van der Waals surface area (Å²) in [6, 6.07) is 6.92. The van der Waals surface area contributed by atoms with E-state index in [4.69, 9.17) is 11.6 Å². The van der Waals surface area contributed by atoms with Gasteiger partial charge in [-0.25, -0.2) is 0 Å². The Morgan fingerprint density at radius 2 is 1.94 bits per heavy atom. The molecule has 3 N–H and O–H groups in total. The van der Waals surface area contributed by atoms with Gasteiger partial charge in [0.05, 0.1) is 6.10 Å². The molecule has 0 saturated carbocycles. The lowest BCUT2D eigenvalue weighted by Gasteiger charge is -2.15. The Morgan fingerprint density at radius 1 is 1.33 bits per heavy atom. The van der Waals surface area contributed by atoms with Crippen molar-refractivity contribution in [1.82, 2.24) is 10.6 Å². The van der Waals surface area contributed by atoms with Crippen LogP contribution >= 0.6 is 11.6 Å². The van der Waals surface area contributed by atoms with Crippen molar-refractivity contribution in [2.24, 2.45) is 5.92 Å². The smallest absolute Gasteiger partial charge is 0.224 e. The van der Waals surface area contributed by atoms with E-state index in [2.05, 4.69) is 10.6 Å². The first-order valence-corrected chi connectivity index (χ1v) is 6.28. The van der Waals surface area contributed by atoms with Crippen LogP contribution in [0.1, 0.15) is 18.6 Å². The lowest BCUT2D eigenvalue weighted by atomic mass is 10.1. The van der Waals surface area contributed by atoms with E-state index in [-0.39, 0.29) is 18.4 Å². The molecule has 0 heterocycles. The SMILES string of the molecule is CNCC(C)C(=O)NCC(O)c1ccc(Cl)cc1. The van der Waals surface area contributed by atoms with Crippen LogP contribution in [0.25, 0.3) is 0 Å². The third kappa shape index (κ3) is 4.64. The molecule has 18 heavy (non-hydrogen) atoms. The molecule has 1 aromatic carbocycles. The molecule has 0 aliphatic carbocycles. The highest BCUT2D eigenvalue weighted by Gasteiger charge is 2.14. The second-order valence-corrected chi connectivity index (χ2v) is 4.71. The molecule has 5 heteroatoms. The maximum Gasteiger partial charge on any atom is 0.224 e. The fourth-order valence-corrected chi connectivity index (χ4v) is 1.70. The minimum atomic E-state index is -0.715. The van der Waals surface area contributed by atoms with Gasteiger partial charge in [0.15, 0.2) is 0 Å². The maximum absolute atomic E-state index is 11.6. The molecule has 2 atom stereocenters. The molecule has 0 aromatic heterocycles. The van der Waals surface area contributed by atoms with Gasteiger partial charge < -0.3 is 15.7 Å². The molecule has 0 fully saturated rings. The van der Waals surface area contributed by atoms with Gasteiger partial charge in [-0.1, -0.05) is 30.7 Å². The van der Waals surface area contributed by atoms with E-state index in [0.29, 0.717) is 11.6 Å². The number of halogens is 1. The number of carbonyl (C=O) groups excluding carboxylic acids is 1. The Morgan fingerprint density at radius 3 is 2.50 bits per heavy atom. The zero-order valence-electron chi connectivity index (χ0n) is 10.6. The van der Waals surface area contributed by atoms with Crippen molar-refractivity contribution in [3.8, 4) is 0 Å². The van der Waals surface area contributed by atoms with Crippen LogP contribution < -0.4 is 10.6 Å². The number of hydrogen-bond acceptors (Lipinski definition) is 3. The molecule has 1 aromatic rings. The quantitative estimate of drug-likeness (QED) is 0.731. The number of rotatable bonds is 6. The number of benzene rings is 1. The van der Waals surface area contributed by atoms with Crippen LogP contribution in [0.5, 0.6) is 0 Å². The fraction of sp³-hybridized carbons (Fsp3) is 0.462. The predicted octanol–water partition coefficient (Wildman–Crippen LogP) is 1.35. The summed E-state index contributed by atoms with van der Waals surface area (Å²) < 4.78 is 0. The van der Waals surface area contributed by atoms with Crippen LogP contribution in [-0.4, -0.2) is 31.2 Å². The third-order valence-corrected chi connectivity index (χ3v) is 2.93. The number of hydrogen-bond donors (Lipinski definition) is 3. The molecule has 0 bridgehead atoms. The maximum atomic E-state index is 11.6. The number of aliphatic hydroxyl groups excluding tert-OH is 1. The number of amides is 1. The van der Waals surface area contributed by atoms with Gasteiger partial charge in [0.2, 0.25) is 5.91 Å². The molecule has 0 aliphatic rings. The average molecular weight is 271 g/mol. The van der Waals surface area contributed by atoms with Gasteiger partial charge in [0.1, 0.15) is 0 Å². The predicted molar refractivity (Wildman–Crippen MR) is 72.5 cm³/mol. The van der Waals surface area contributed by atoms with E-state index in [1.807, 2.05) is 6.92 Å². The zero-order valence-corrected chi connectivity index (χ0v) is 11.4. The number of aliphatic hydroxyl groups is 1. The highest BCUT2D eigenvalue weighted by Crippen LogP contribution is 2.15. The summed E-state index contributed by atoms with van der Waals surface area (Å²) in [4.78, 5) is 11.6. The first kappa shape index (κ1) is 15.0. The van der Waals surface area contributed by atoms with E-state index < -0.39 is 6.10 Å². The van der Waals surface area contributed by atoms with E-state index in [0.717, 1.165) is 5.56 Å². The van der Waals surface area contributed by atoms with Crippen LogP contribution in [0.3, 0.4) is 0 Å². The lowest BCUT2D eigenvalue weighted by Crippen LogP contribution is -2.36. The summed E-state index contributed by atoms with van der Waals surface area (Å²) >= 11 is 5.76. The normalized spacial score (nSPS) is 14.0. The monoisotopic (exact) mass is 270 g/mol. The van der Waals surface area contributed by atoms with Gasteiger partial charge >= 0.3 is 0 Å². The van der Waals surface area contributed by atoms with Crippen LogP contribution in [0.2, 0.25) is 5.02 Å². The zero-order chi connectivity index (χ0) is 13.5. The molecular weight excluding hydrogens is 252 g/mol. The summed E-state index contributed by atoms with van der Waals surface area (Å²) in [6.45, 7) is 2.65. The first-order valence-electron chi connectivity index (χ1n) is 5.90. The molecule has 0 radical (unpaired) electrons. The second kappa shape index (κ2) is 7.36. The number of carbonyl (C=O) groups is 1. The largest absolute Gasteiger partial charge is 0.387 e. The standard InChI is InChI=1S/C13H19ClN2O2/c1-9(7-15-2)13(18)16-8-12(17)10-3-5-11(14)6-4-10/h3-6,9,12,15,17H,7-8H2,1-2H3,(H,16,18). The molecule has 1 rings (SSSR count). The average Bonchev–Trinajstić information content (AvgIpc) is 2.36. The molecule has 4 nitrogen and oxygen atoms in total. The van der Waals surface area contributed by atoms with Crippen LogP contribution in [0, 0.1) is 5.92 Å². The minimum absolute atomic E-state index is 0.0719. The Bertz CT molecular complexity index is 381. The van der Waals surface area contributed by atoms with E-state index in [9.17, 15) is 9.90 Å². The Balaban J connectivity index is 2.43. The topological polar surface area (TPSA) is 61.4 Å². The Kier molecular flexibility index (Phi) is 6.12. The van der Waals surface area contributed by atoms with Crippen LogP contribution in [0.15, 0.2) is 24.3 Å². The van der Waals surface area contributed by atoms with Crippen molar-refractivity contribution in [2.45, 2.75) is 13.0 Å². The van der Waals surface area contributed by atoms with E-state index in [1.165, 1.54) is 0 Å². The summed E-state index contributed by atoms with van der Waals surface area (Å²) in [7, 11) is 1.80. The molecule has 100 valence electrons. The third-order valence-electron chi connectivity index (χ3n) is 2.68. The molecular formula is C13H19ClN2O2. The van der Waals surface area contributed by atoms with E-state index in [1.54, 1.807) is 31.3 Å². The van der Waals surface area contributed by atoms with Crippen LogP contribution in [-0.2, 0) is 4.79 Å². The highest BCUT2D eigenvalue weighted by atomic mass is 35.5. The van der Waals surface area contributed by atoms with Gasteiger partial charge in [-0.3, -0.25) is 4.79 Å². The summed E-state index contributed by atoms with van der Waals surface area (Å²) in [5, 5.41) is 16.2. The van der Waals surface area contributed by atoms with Crippen LogP contribution in [0.4, 0.5) is 0 Å². The van der Waals surface area contributed by atoms with Crippen molar-refractivity contribution in [3.63, 3.8) is 0 Å². The summed E-state index contributed by atoms with van der Waals surface area (Å²) in [6.07, 6.45) is -0.715. The number of nitrogens with one attached hydrogen (secondary N) is 2. The Hall–Kier alpha value is -1.10. The summed E-state index contributed by atoms with van der Waals surface area (Å²) in [5.74, 6) is -0.190. The molecule has 1 amide bonds. The van der Waals surface area contributed by atoms with Gasteiger partial charge in [-0.15, -0.1) is 0 Å². The molecule has 0 saturated heterocycles. The van der Waals surface area contributed by atoms with Gasteiger partial charge in [0, 0.05) is 24.0 Å². The van der Waals surface area contributed by atoms with Crippen molar-refractivity contribution in [3.05, 3.63) is 34.9 Å². The fourth-order valence-electron chi connectivity index (χ4n) is 1.57. The molecule has 0 aliphatic heterocycles. The minimum Gasteiger partial charge on any atom is -0.387 e. The first-order chi connectivity index (χ1) is 8.54. The van der Waals surface area contributed by atoms with Gasteiger partial charge in [-0.2, -0.15) is 0 Å². The lowest BCUT2D eigenvalue weighted by molar-refractivity contribution is -0.124.